The Morgan fingerprint density at radius 2 is 2.44 bits per heavy atom. The van der Waals surface area contributed by atoms with Crippen LogP contribution in [0.5, 0.6) is 0 Å². The van der Waals surface area contributed by atoms with E-state index in [1.807, 2.05) is 17.5 Å². The molecule has 0 aliphatic heterocycles. The molecule has 0 unspecified atom stereocenters. The van der Waals surface area contributed by atoms with E-state index in [2.05, 4.69) is 9.97 Å². The van der Waals surface area contributed by atoms with Gasteiger partial charge in [0.05, 0.1) is 12.3 Å². The van der Waals surface area contributed by atoms with E-state index in [0.717, 1.165) is 0 Å². The molecule has 2 aromatic rings. The molecule has 0 spiro atoms. The van der Waals surface area contributed by atoms with Gasteiger partial charge in [-0.05, 0) is 11.4 Å². The lowest BCUT2D eigenvalue weighted by Gasteiger charge is -2.02. The number of ether oxygens (including phenoxy) is 1. The van der Waals surface area contributed by atoms with Crippen LogP contribution in [0.2, 0.25) is 0 Å². The third-order valence-electron chi connectivity index (χ3n) is 2.06. The summed E-state index contributed by atoms with van der Waals surface area (Å²) in [5.41, 5.74) is 0.534. The lowest BCUT2D eigenvalue weighted by Crippen LogP contribution is -2.13. The first-order valence-electron chi connectivity index (χ1n) is 4.88. The molecule has 16 heavy (non-hydrogen) atoms. The fraction of sp³-hybridized carbons (Fsp3) is 0.273. The van der Waals surface area contributed by atoms with Crippen molar-refractivity contribution in [3.05, 3.63) is 50.3 Å². The van der Waals surface area contributed by atoms with Crippen molar-refractivity contribution < 1.29 is 4.74 Å². The van der Waals surface area contributed by atoms with E-state index in [-0.39, 0.29) is 5.56 Å². The SMILES string of the molecule is COCc1cc(=O)[nH]c(Cc2cccs2)n1. The number of nitrogens with one attached hydrogen (secondary N) is 1. The minimum atomic E-state index is -0.131. The van der Waals surface area contributed by atoms with Gasteiger partial charge in [-0.2, -0.15) is 0 Å². The van der Waals surface area contributed by atoms with E-state index >= 15 is 0 Å². The number of aromatic amines is 1. The molecule has 0 amide bonds. The zero-order chi connectivity index (χ0) is 11.4. The van der Waals surface area contributed by atoms with Gasteiger partial charge in [-0.25, -0.2) is 4.98 Å². The molecule has 0 saturated carbocycles. The van der Waals surface area contributed by atoms with Crippen LogP contribution in [0.1, 0.15) is 16.4 Å². The quantitative estimate of drug-likeness (QED) is 0.876. The maximum absolute atomic E-state index is 11.4. The fourth-order valence-electron chi connectivity index (χ4n) is 1.45. The van der Waals surface area contributed by atoms with Gasteiger partial charge >= 0.3 is 0 Å². The minimum absolute atomic E-state index is 0.131. The summed E-state index contributed by atoms with van der Waals surface area (Å²) in [6.45, 7) is 0.362. The molecular formula is C11H12N2O2S. The van der Waals surface area contributed by atoms with Crippen molar-refractivity contribution in [1.29, 1.82) is 0 Å². The number of hydrogen-bond acceptors (Lipinski definition) is 4. The van der Waals surface area contributed by atoms with Crippen LogP contribution in [0.3, 0.4) is 0 Å². The van der Waals surface area contributed by atoms with Gasteiger partial charge in [0.2, 0.25) is 0 Å². The Morgan fingerprint density at radius 1 is 1.56 bits per heavy atom. The van der Waals surface area contributed by atoms with E-state index in [1.165, 1.54) is 10.9 Å². The molecule has 0 radical (unpaired) electrons. The van der Waals surface area contributed by atoms with Crippen LogP contribution in [0, 0.1) is 0 Å². The summed E-state index contributed by atoms with van der Waals surface area (Å²) in [7, 11) is 1.59. The predicted molar refractivity (Wildman–Crippen MR) is 62.7 cm³/mol. The van der Waals surface area contributed by atoms with Crippen LogP contribution in [-0.4, -0.2) is 17.1 Å². The summed E-state index contributed by atoms with van der Waals surface area (Å²) in [5, 5.41) is 2.01. The highest BCUT2D eigenvalue weighted by atomic mass is 32.1. The zero-order valence-electron chi connectivity index (χ0n) is 8.90. The Balaban J connectivity index is 2.23. The molecule has 0 atom stereocenters. The average Bonchev–Trinajstić information content (AvgIpc) is 2.70. The highest BCUT2D eigenvalue weighted by Gasteiger charge is 2.03. The molecule has 0 saturated heterocycles. The van der Waals surface area contributed by atoms with Crippen molar-refractivity contribution in [2.24, 2.45) is 0 Å². The lowest BCUT2D eigenvalue weighted by atomic mass is 10.3. The number of hydrogen-bond donors (Lipinski definition) is 1. The Labute approximate surface area is 96.9 Å². The minimum Gasteiger partial charge on any atom is -0.378 e. The average molecular weight is 236 g/mol. The number of thiophene rings is 1. The van der Waals surface area contributed by atoms with Gasteiger partial charge in [0.25, 0.3) is 5.56 Å². The van der Waals surface area contributed by atoms with Crippen molar-refractivity contribution in [3.8, 4) is 0 Å². The summed E-state index contributed by atoms with van der Waals surface area (Å²) in [4.78, 5) is 19.6. The monoisotopic (exact) mass is 236 g/mol. The summed E-state index contributed by atoms with van der Waals surface area (Å²) < 4.78 is 4.96. The normalized spacial score (nSPS) is 10.6. The number of H-pyrrole nitrogens is 1. The number of aromatic nitrogens is 2. The van der Waals surface area contributed by atoms with E-state index in [4.69, 9.17) is 4.74 Å². The molecule has 0 fully saturated rings. The van der Waals surface area contributed by atoms with E-state index in [0.29, 0.717) is 24.5 Å². The summed E-state index contributed by atoms with van der Waals surface area (Å²) >= 11 is 1.65. The van der Waals surface area contributed by atoms with Crippen LogP contribution in [0.4, 0.5) is 0 Å². The van der Waals surface area contributed by atoms with Crippen LogP contribution >= 0.6 is 11.3 Å². The first kappa shape index (κ1) is 11.0. The molecule has 2 heterocycles. The molecular weight excluding hydrogens is 224 g/mol. The number of methoxy groups -OCH3 is 1. The predicted octanol–water partition coefficient (Wildman–Crippen LogP) is 1.57. The van der Waals surface area contributed by atoms with Gasteiger partial charge < -0.3 is 9.72 Å². The summed E-state index contributed by atoms with van der Waals surface area (Å²) in [6.07, 6.45) is 0.657. The van der Waals surface area contributed by atoms with Crippen LogP contribution in [0.25, 0.3) is 0 Å². The topological polar surface area (TPSA) is 55.0 Å². The van der Waals surface area contributed by atoms with Crippen LogP contribution < -0.4 is 5.56 Å². The van der Waals surface area contributed by atoms with E-state index < -0.39 is 0 Å². The molecule has 1 N–H and O–H groups in total. The van der Waals surface area contributed by atoms with Crippen molar-refractivity contribution in [3.63, 3.8) is 0 Å². The highest BCUT2D eigenvalue weighted by Crippen LogP contribution is 2.11. The first-order valence-corrected chi connectivity index (χ1v) is 5.76. The Bertz CT molecular complexity index is 505. The standard InChI is InChI=1S/C11H12N2O2S/c1-15-7-8-5-11(14)13-10(12-8)6-9-3-2-4-16-9/h2-5H,6-7H2,1H3,(H,12,13,14). The third kappa shape index (κ3) is 2.77. The highest BCUT2D eigenvalue weighted by molar-refractivity contribution is 7.09. The Hall–Kier alpha value is -1.46. The van der Waals surface area contributed by atoms with Gasteiger partial charge in [-0.3, -0.25) is 4.79 Å². The summed E-state index contributed by atoms with van der Waals surface area (Å²) in [5.74, 6) is 0.682. The Morgan fingerprint density at radius 3 is 3.12 bits per heavy atom. The maximum Gasteiger partial charge on any atom is 0.251 e. The zero-order valence-corrected chi connectivity index (χ0v) is 9.71. The second-order valence-electron chi connectivity index (χ2n) is 3.37. The van der Waals surface area contributed by atoms with Crippen molar-refractivity contribution in [1.82, 2.24) is 9.97 Å². The molecule has 0 bridgehead atoms. The van der Waals surface area contributed by atoms with Gasteiger partial charge in [0.1, 0.15) is 5.82 Å². The molecule has 5 heteroatoms. The van der Waals surface area contributed by atoms with Crippen LogP contribution in [0.15, 0.2) is 28.4 Å². The van der Waals surface area contributed by atoms with E-state index in [1.54, 1.807) is 18.4 Å². The molecule has 0 aromatic carbocycles. The number of rotatable bonds is 4. The largest absolute Gasteiger partial charge is 0.378 e. The van der Waals surface area contributed by atoms with Gasteiger partial charge in [0, 0.05) is 24.5 Å². The lowest BCUT2D eigenvalue weighted by molar-refractivity contribution is 0.181. The fourth-order valence-corrected chi connectivity index (χ4v) is 2.16. The van der Waals surface area contributed by atoms with Crippen LogP contribution in [-0.2, 0) is 17.8 Å². The number of nitrogens with zero attached hydrogens (tertiary/aromatic N) is 1. The van der Waals surface area contributed by atoms with Crippen molar-refractivity contribution in [2.75, 3.05) is 7.11 Å². The third-order valence-corrected chi connectivity index (χ3v) is 2.93. The van der Waals surface area contributed by atoms with Crippen molar-refractivity contribution >= 4 is 11.3 Å². The van der Waals surface area contributed by atoms with Gasteiger partial charge in [0.15, 0.2) is 0 Å². The molecule has 2 aromatic heterocycles. The van der Waals surface area contributed by atoms with Gasteiger partial charge in [-0.1, -0.05) is 6.07 Å². The molecule has 4 nitrogen and oxygen atoms in total. The van der Waals surface area contributed by atoms with E-state index in [9.17, 15) is 4.79 Å². The smallest absolute Gasteiger partial charge is 0.251 e. The molecule has 0 aliphatic rings. The second-order valence-corrected chi connectivity index (χ2v) is 4.40. The summed E-state index contributed by atoms with van der Waals surface area (Å²) in [6, 6.07) is 5.46. The van der Waals surface area contributed by atoms with Crippen molar-refractivity contribution in [2.45, 2.75) is 13.0 Å². The molecule has 2 rings (SSSR count). The molecule has 0 aliphatic carbocycles. The Kier molecular flexibility index (Phi) is 3.48. The second kappa shape index (κ2) is 5.05. The van der Waals surface area contributed by atoms with Gasteiger partial charge in [-0.15, -0.1) is 11.3 Å². The first-order chi connectivity index (χ1) is 7.78. The maximum atomic E-state index is 11.4. The molecule has 84 valence electrons.